The number of phenolic OH excluding ortho intramolecular Hbond substituents is 1. The number of carbonyl (C=O) groups is 1. The number of pyridine rings is 1. The van der Waals surface area contributed by atoms with Crippen LogP contribution >= 0.6 is 11.6 Å². The monoisotopic (exact) mass is 513 g/mol. The predicted octanol–water partition coefficient (Wildman–Crippen LogP) is 6.52. The SMILES string of the molecule is O=C(c1cnc2ccc(-c3cc(F)c(O)c(Cl)c3)cc2c1NC1CCC(CNCCF)CC1)C1CC1. The highest BCUT2D eigenvalue weighted by atomic mass is 35.5. The number of Topliss-reactive ketones (excluding diaryl/α,β-unsaturated/α-hetero) is 1. The lowest BCUT2D eigenvalue weighted by Gasteiger charge is -2.31. The number of nitrogens with zero attached hydrogens (tertiary/aromatic N) is 1. The van der Waals surface area contributed by atoms with E-state index in [1.807, 2.05) is 18.2 Å². The smallest absolute Gasteiger partial charge is 0.170 e. The summed E-state index contributed by atoms with van der Waals surface area (Å²) in [5, 5.41) is 17.3. The predicted molar refractivity (Wildman–Crippen MR) is 139 cm³/mol. The van der Waals surface area contributed by atoms with Gasteiger partial charge in [-0.1, -0.05) is 17.7 Å². The molecule has 0 saturated heterocycles. The van der Waals surface area contributed by atoms with E-state index in [0.717, 1.165) is 61.7 Å². The Morgan fingerprint density at radius 2 is 1.86 bits per heavy atom. The number of phenols is 1. The quantitative estimate of drug-likeness (QED) is 0.224. The second-order valence-corrected chi connectivity index (χ2v) is 10.4. The molecular weight excluding hydrogens is 484 g/mol. The fraction of sp³-hybridized carbons (Fsp3) is 0.429. The van der Waals surface area contributed by atoms with Gasteiger partial charge in [-0.2, -0.15) is 0 Å². The lowest BCUT2D eigenvalue weighted by Crippen LogP contribution is -2.32. The van der Waals surface area contributed by atoms with Gasteiger partial charge in [0.05, 0.1) is 21.8 Å². The van der Waals surface area contributed by atoms with Gasteiger partial charge >= 0.3 is 0 Å². The van der Waals surface area contributed by atoms with E-state index in [4.69, 9.17) is 11.6 Å². The van der Waals surface area contributed by atoms with Crippen molar-refractivity contribution in [3.8, 4) is 16.9 Å². The number of aromatic nitrogens is 1. The third kappa shape index (κ3) is 5.32. The number of ketones is 1. The molecule has 0 radical (unpaired) electrons. The first-order valence-corrected chi connectivity index (χ1v) is 13.0. The Morgan fingerprint density at radius 3 is 2.56 bits per heavy atom. The molecule has 190 valence electrons. The molecule has 3 N–H and O–H groups in total. The molecule has 8 heteroatoms. The summed E-state index contributed by atoms with van der Waals surface area (Å²) in [7, 11) is 0. The zero-order valence-electron chi connectivity index (χ0n) is 20.0. The molecule has 36 heavy (non-hydrogen) atoms. The number of halogens is 3. The minimum absolute atomic E-state index is 0.0512. The van der Waals surface area contributed by atoms with Crippen LogP contribution in [0, 0.1) is 17.7 Å². The van der Waals surface area contributed by atoms with Gasteiger partial charge in [0.2, 0.25) is 0 Å². The first-order chi connectivity index (χ1) is 17.4. The van der Waals surface area contributed by atoms with Gasteiger partial charge in [-0.25, -0.2) is 8.78 Å². The zero-order valence-corrected chi connectivity index (χ0v) is 20.8. The first-order valence-electron chi connectivity index (χ1n) is 12.6. The van der Waals surface area contributed by atoms with Gasteiger partial charge in [-0.3, -0.25) is 9.78 Å². The molecule has 2 aromatic carbocycles. The van der Waals surface area contributed by atoms with Crippen LogP contribution in [0.2, 0.25) is 5.02 Å². The van der Waals surface area contributed by atoms with E-state index < -0.39 is 11.6 Å². The highest BCUT2D eigenvalue weighted by Crippen LogP contribution is 2.39. The number of anilines is 1. The fourth-order valence-corrected chi connectivity index (χ4v) is 5.31. The van der Waals surface area contributed by atoms with Crippen LogP contribution in [0.15, 0.2) is 36.5 Å². The van der Waals surface area contributed by atoms with Gasteiger partial charge in [-0.15, -0.1) is 0 Å². The normalized spacial score (nSPS) is 20.0. The van der Waals surface area contributed by atoms with Gasteiger partial charge in [0.1, 0.15) is 6.67 Å². The Bertz CT molecular complexity index is 1250. The highest BCUT2D eigenvalue weighted by Gasteiger charge is 2.33. The molecule has 0 spiro atoms. The van der Waals surface area contributed by atoms with Crippen molar-refractivity contribution in [2.75, 3.05) is 25.1 Å². The van der Waals surface area contributed by atoms with Crippen LogP contribution in [-0.4, -0.2) is 41.7 Å². The third-order valence-corrected chi connectivity index (χ3v) is 7.62. The number of nitrogens with one attached hydrogen (secondary N) is 2. The molecule has 1 heterocycles. The van der Waals surface area contributed by atoms with Crippen LogP contribution in [0.5, 0.6) is 5.75 Å². The molecule has 5 nitrogen and oxygen atoms in total. The van der Waals surface area contributed by atoms with E-state index in [2.05, 4.69) is 15.6 Å². The Labute approximate surface area is 214 Å². The molecule has 2 aliphatic carbocycles. The molecule has 2 aliphatic rings. The van der Waals surface area contributed by atoms with Gasteiger partial charge in [0, 0.05) is 30.1 Å². The highest BCUT2D eigenvalue weighted by molar-refractivity contribution is 6.32. The molecule has 2 saturated carbocycles. The largest absolute Gasteiger partial charge is 0.504 e. The number of benzene rings is 2. The van der Waals surface area contributed by atoms with E-state index in [9.17, 15) is 18.7 Å². The summed E-state index contributed by atoms with van der Waals surface area (Å²) in [6.07, 6.45) is 7.46. The zero-order chi connectivity index (χ0) is 25.2. The van der Waals surface area contributed by atoms with Crippen LogP contribution in [0.25, 0.3) is 22.0 Å². The van der Waals surface area contributed by atoms with E-state index >= 15 is 0 Å². The van der Waals surface area contributed by atoms with Gasteiger partial charge in [-0.05, 0) is 86.4 Å². The van der Waals surface area contributed by atoms with Gasteiger partial charge < -0.3 is 15.7 Å². The van der Waals surface area contributed by atoms with Crippen molar-refractivity contribution in [1.82, 2.24) is 10.3 Å². The second-order valence-electron chi connectivity index (χ2n) is 9.96. The van der Waals surface area contributed by atoms with Crippen molar-refractivity contribution < 1.29 is 18.7 Å². The minimum atomic E-state index is -0.788. The average Bonchev–Trinajstić information content (AvgIpc) is 3.73. The summed E-state index contributed by atoms with van der Waals surface area (Å²) < 4.78 is 26.6. The Balaban J connectivity index is 1.47. The summed E-state index contributed by atoms with van der Waals surface area (Å²) in [6.45, 7) is 0.871. The summed E-state index contributed by atoms with van der Waals surface area (Å²) in [5.41, 5.74) is 3.37. The lowest BCUT2D eigenvalue weighted by molar-refractivity contribution is 0.0968. The van der Waals surface area contributed by atoms with E-state index in [-0.39, 0.29) is 29.4 Å². The topological polar surface area (TPSA) is 74.2 Å². The van der Waals surface area contributed by atoms with Crippen molar-refractivity contribution in [2.24, 2.45) is 11.8 Å². The summed E-state index contributed by atoms with van der Waals surface area (Å²) >= 11 is 6.03. The Hall–Kier alpha value is -2.77. The molecule has 0 bridgehead atoms. The minimum Gasteiger partial charge on any atom is -0.504 e. The van der Waals surface area contributed by atoms with Gasteiger partial charge in [0.15, 0.2) is 17.3 Å². The van der Waals surface area contributed by atoms with E-state index in [1.54, 1.807) is 6.20 Å². The summed E-state index contributed by atoms with van der Waals surface area (Å²) in [5.74, 6) is -0.671. The fourth-order valence-electron chi connectivity index (χ4n) is 5.10. The maximum atomic E-state index is 14.2. The number of fused-ring (bicyclic) bond motifs is 1. The summed E-state index contributed by atoms with van der Waals surface area (Å²) in [4.78, 5) is 17.7. The van der Waals surface area contributed by atoms with Crippen molar-refractivity contribution in [2.45, 2.75) is 44.6 Å². The molecular formula is C28H30ClF2N3O2. The van der Waals surface area contributed by atoms with E-state index in [1.165, 1.54) is 12.1 Å². The molecule has 1 aromatic heterocycles. The Morgan fingerprint density at radius 1 is 1.08 bits per heavy atom. The Kier molecular flexibility index (Phi) is 7.39. The van der Waals surface area contributed by atoms with Crippen LogP contribution in [0.3, 0.4) is 0 Å². The second kappa shape index (κ2) is 10.7. The number of hydrogen-bond donors (Lipinski definition) is 3. The molecule has 0 unspecified atom stereocenters. The molecule has 3 aromatic rings. The third-order valence-electron chi connectivity index (χ3n) is 7.33. The van der Waals surface area contributed by atoms with Crippen LogP contribution in [-0.2, 0) is 0 Å². The molecule has 0 aliphatic heterocycles. The van der Waals surface area contributed by atoms with Crippen LogP contribution < -0.4 is 10.6 Å². The van der Waals surface area contributed by atoms with Crippen molar-refractivity contribution in [3.05, 3.63) is 52.9 Å². The lowest BCUT2D eigenvalue weighted by atomic mass is 9.85. The van der Waals surface area contributed by atoms with Crippen molar-refractivity contribution in [3.63, 3.8) is 0 Å². The number of alkyl halides is 1. The van der Waals surface area contributed by atoms with Crippen LogP contribution in [0.4, 0.5) is 14.5 Å². The number of hydrogen-bond acceptors (Lipinski definition) is 5. The number of aromatic hydroxyl groups is 1. The molecule has 5 rings (SSSR count). The van der Waals surface area contributed by atoms with Crippen molar-refractivity contribution in [1.29, 1.82) is 0 Å². The van der Waals surface area contributed by atoms with Crippen LogP contribution in [0.1, 0.15) is 48.9 Å². The molecule has 0 atom stereocenters. The average molecular weight is 514 g/mol. The molecule has 2 fully saturated rings. The number of rotatable bonds is 9. The van der Waals surface area contributed by atoms with Gasteiger partial charge in [0.25, 0.3) is 0 Å². The number of carbonyl (C=O) groups excluding carboxylic acids is 1. The van der Waals surface area contributed by atoms with E-state index in [0.29, 0.717) is 29.2 Å². The molecule has 0 amide bonds. The maximum absolute atomic E-state index is 14.2. The first kappa shape index (κ1) is 24.9. The maximum Gasteiger partial charge on any atom is 0.170 e. The van der Waals surface area contributed by atoms with Crippen molar-refractivity contribution >= 4 is 34.0 Å². The summed E-state index contributed by atoms with van der Waals surface area (Å²) in [6, 6.07) is 8.58. The standard InChI is InChI=1S/C28H30ClF2N3O2/c29-23-12-19(13-24(31)28(23)36)18-5-8-25-21(11-18)26(22(15-33-25)27(35)17-3-4-17)34-20-6-1-16(2-7-20)14-32-10-9-30/h5,8,11-13,15-17,20,32,36H,1-4,6-7,9-10,14H2,(H,33,34).